The summed E-state index contributed by atoms with van der Waals surface area (Å²) < 4.78 is 18.3. The molecule has 5 heteroatoms. The van der Waals surface area contributed by atoms with Gasteiger partial charge in [-0.2, -0.15) is 0 Å². The van der Waals surface area contributed by atoms with Crippen LogP contribution in [0.2, 0.25) is 0 Å². The molecule has 0 saturated heterocycles. The third-order valence-electron chi connectivity index (χ3n) is 3.28. The first-order valence-electron chi connectivity index (χ1n) is 6.89. The normalized spacial score (nSPS) is 10.3. The average Bonchev–Trinajstić information content (AvgIpc) is 3.06. The Bertz CT molecular complexity index is 853. The molecule has 0 atom stereocenters. The number of halogens is 1. The molecule has 1 aromatic heterocycles. The van der Waals surface area contributed by atoms with Crippen molar-refractivity contribution >= 4 is 17.9 Å². The van der Waals surface area contributed by atoms with Crippen molar-refractivity contribution in [3.63, 3.8) is 0 Å². The predicted molar refractivity (Wildman–Crippen MR) is 83.9 cm³/mol. The molecule has 4 nitrogen and oxygen atoms in total. The maximum atomic E-state index is 12.9. The molecule has 0 saturated carbocycles. The minimum atomic E-state index is -0.375. The van der Waals surface area contributed by atoms with Crippen LogP contribution in [-0.2, 0) is 0 Å². The number of rotatable bonds is 4. The summed E-state index contributed by atoms with van der Waals surface area (Å²) in [5.41, 5.74) is 1.45. The standard InChI is InChI=1S/C18H12FNO3/c19-12-5-7-13(8-6-12)20-18(22)16-4-2-1-3-15(16)17-10-9-14(11-21)23-17/h1-11H,(H,20,22). The highest BCUT2D eigenvalue weighted by atomic mass is 19.1. The van der Waals surface area contributed by atoms with Crippen molar-refractivity contribution in [2.45, 2.75) is 0 Å². The Balaban J connectivity index is 1.91. The van der Waals surface area contributed by atoms with Crippen LogP contribution in [0.4, 0.5) is 10.1 Å². The number of hydrogen-bond acceptors (Lipinski definition) is 3. The number of carbonyl (C=O) groups is 2. The fraction of sp³-hybridized carbons (Fsp3) is 0. The number of furan rings is 1. The average molecular weight is 309 g/mol. The van der Waals surface area contributed by atoms with Crippen LogP contribution in [0.5, 0.6) is 0 Å². The monoisotopic (exact) mass is 309 g/mol. The van der Waals surface area contributed by atoms with E-state index in [1.807, 2.05) is 0 Å². The second-order valence-corrected chi connectivity index (χ2v) is 4.83. The molecule has 0 fully saturated rings. The lowest BCUT2D eigenvalue weighted by molar-refractivity contribution is 0.102. The topological polar surface area (TPSA) is 59.3 Å². The molecule has 0 aliphatic rings. The van der Waals surface area contributed by atoms with Crippen molar-refractivity contribution in [2.24, 2.45) is 0 Å². The minimum absolute atomic E-state index is 0.189. The second kappa shape index (κ2) is 6.27. The van der Waals surface area contributed by atoms with Crippen LogP contribution in [0.1, 0.15) is 20.9 Å². The van der Waals surface area contributed by atoms with Gasteiger partial charge in [0, 0.05) is 11.3 Å². The van der Waals surface area contributed by atoms with Crippen molar-refractivity contribution in [1.29, 1.82) is 0 Å². The van der Waals surface area contributed by atoms with Gasteiger partial charge in [0.2, 0.25) is 0 Å². The van der Waals surface area contributed by atoms with Gasteiger partial charge in [0.1, 0.15) is 11.6 Å². The summed E-state index contributed by atoms with van der Waals surface area (Å²) in [5, 5.41) is 2.70. The van der Waals surface area contributed by atoms with Crippen molar-refractivity contribution in [1.82, 2.24) is 0 Å². The van der Waals surface area contributed by atoms with Crippen LogP contribution in [0.3, 0.4) is 0 Å². The highest BCUT2D eigenvalue weighted by Crippen LogP contribution is 2.26. The van der Waals surface area contributed by atoms with Crippen LogP contribution in [-0.4, -0.2) is 12.2 Å². The lowest BCUT2D eigenvalue weighted by atomic mass is 10.0. The van der Waals surface area contributed by atoms with Crippen molar-refractivity contribution < 1.29 is 18.4 Å². The van der Waals surface area contributed by atoms with E-state index in [-0.39, 0.29) is 17.5 Å². The van der Waals surface area contributed by atoms with E-state index in [0.717, 1.165) is 0 Å². The Hall–Kier alpha value is -3.21. The van der Waals surface area contributed by atoms with E-state index in [1.165, 1.54) is 30.3 Å². The van der Waals surface area contributed by atoms with E-state index < -0.39 is 0 Å². The zero-order valence-corrected chi connectivity index (χ0v) is 12.0. The Labute approximate surface area is 131 Å². The van der Waals surface area contributed by atoms with Crippen LogP contribution in [0, 0.1) is 5.82 Å². The first-order chi connectivity index (χ1) is 11.2. The molecule has 0 radical (unpaired) electrons. The number of carbonyl (C=O) groups excluding carboxylic acids is 2. The van der Waals surface area contributed by atoms with Crippen LogP contribution in [0.25, 0.3) is 11.3 Å². The first-order valence-corrected chi connectivity index (χ1v) is 6.89. The Morgan fingerprint density at radius 1 is 1.00 bits per heavy atom. The Morgan fingerprint density at radius 3 is 2.43 bits per heavy atom. The molecular formula is C18H12FNO3. The van der Waals surface area contributed by atoms with E-state index in [4.69, 9.17) is 4.42 Å². The van der Waals surface area contributed by atoms with E-state index in [0.29, 0.717) is 28.9 Å². The third kappa shape index (κ3) is 3.18. The Kier molecular flexibility index (Phi) is 4.01. The number of nitrogens with one attached hydrogen (secondary N) is 1. The number of hydrogen-bond donors (Lipinski definition) is 1. The van der Waals surface area contributed by atoms with Gasteiger partial charge in [0.05, 0.1) is 5.56 Å². The van der Waals surface area contributed by atoms with Gasteiger partial charge in [-0.25, -0.2) is 4.39 Å². The number of anilines is 1. The first kappa shape index (κ1) is 14.7. The van der Waals surface area contributed by atoms with Crippen LogP contribution >= 0.6 is 0 Å². The fourth-order valence-corrected chi connectivity index (χ4v) is 2.19. The maximum absolute atomic E-state index is 12.9. The van der Waals surface area contributed by atoms with E-state index in [9.17, 15) is 14.0 Å². The van der Waals surface area contributed by atoms with E-state index in [1.54, 1.807) is 30.3 Å². The highest BCUT2D eigenvalue weighted by Gasteiger charge is 2.15. The molecule has 0 spiro atoms. The predicted octanol–water partition coefficient (Wildman–Crippen LogP) is 4.15. The minimum Gasteiger partial charge on any atom is -0.453 e. The van der Waals surface area contributed by atoms with E-state index >= 15 is 0 Å². The lowest BCUT2D eigenvalue weighted by Crippen LogP contribution is -2.13. The molecule has 3 aromatic rings. The molecule has 0 unspecified atom stereocenters. The van der Waals surface area contributed by atoms with Gasteiger partial charge >= 0.3 is 0 Å². The molecule has 0 bridgehead atoms. The van der Waals surface area contributed by atoms with Gasteiger partial charge in [-0.1, -0.05) is 18.2 Å². The van der Waals surface area contributed by atoms with Gasteiger partial charge in [0.25, 0.3) is 5.91 Å². The zero-order chi connectivity index (χ0) is 16.2. The second-order valence-electron chi connectivity index (χ2n) is 4.83. The third-order valence-corrected chi connectivity index (χ3v) is 3.28. The molecule has 23 heavy (non-hydrogen) atoms. The fourth-order valence-electron chi connectivity index (χ4n) is 2.19. The van der Waals surface area contributed by atoms with E-state index in [2.05, 4.69) is 5.32 Å². The van der Waals surface area contributed by atoms with Gasteiger partial charge in [0.15, 0.2) is 12.0 Å². The smallest absolute Gasteiger partial charge is 0.256 e. The van der Waals surface area contributed by atoms with Crippen LogP contribution in [0.15, 0.2) is 65.1 Å². The van der Waals surface area contributed by atoms with Crippen molar-refractivity contribution in [3.8, 4) is 11.3 Å². The van der Waals surface area contributed by atoms with Gasteiger partial charge in [-0.15, -0.1) is 0 Å². The summed E-state index contributed by atoms with van der Waals surface area (Å²) in [5.74, 6) is -0.109. The molecule has 0 aliphatic heterocycles. The summed E-state index contributed by atoms with van der Waals surface area (Å²) >= 11 is 0. The van der Waals surface area contributed by atoms with Gasteiger partial charge in [-0.3, -0.25) is 9.59 Å². The van der Waals surface area contributed by atoms with Crippen molar-refractivity contribution in [2.75, 3.05) is 5.32 Å². The summed E-state index contributed by atoms with van der Waals surface area (Å²) in [6, 6.07) is 15.5. The molecule has 1 heterocycles. The quantitative estimate of drug-likeness (QED) is 0.736. The molecule has 114 valence electrons. The molecular weight excluding hydrogens is 297 g/mol. The van der Waals surface area contributed by atoms with Gasteiger partial charge < -0.3 is 9.73 Å². The Morgan fingerprint density at radius 2 is 1.74 bits per heavy atom. The maximum Gasteiger partial charge on any atom is 0.256 e. The summed E-state index contributed by atoms with van der Waals surface area (Å²) in [6.45, 7) is 0. The summed E-state index contributed by atoms with van der Waals surface area (Å²) in [6.07, 6.45) is 0.602. The molecule has 3 rings (SSSR count). The molecule has 1 amide bonds. The summed E-state index contributed by atoms with van der Waals surface area (Å²) in [7, 11) is 0. The van der Waals surface area contributed by atoms with Crippen LogP contribution < -0.4 is 5.32 Å². The number of aldehydes is 1. The largest absolute Gasteiger partial charge is 0.453 e. The SMILES string of the molecule is O=Cc1ccc(-c2ccccc2C(=O)Nc2ccc(F)cc2)o1. The zero-order valence-electron chi connectivity index (χ0n) is 12.0. The number of benzene rings is 2. The van der Waals surface area contributed by atoms with Crippen molar-refractivity contribution in [3.05, 3.63) is 77.8 Å². The molecule has 1 N–H and O–H groups in total. The summed E-state index contributed by atoms with van der Waals surface area (Å²) in [4.78, 5) is 23.2. The molecule has 0 aliphatic carbocycles. The van der Waals surface area contributed by atoms with Gasteiger partial charge in [-0.05, 0) is 42.5 Å². The lowest BCUT2D eigenvalue weighted by Gasteiger charge is -2.08. The highest BCUT2D eigenvalue weighted by molar-refractivity contribution is 6.08. The molecule has 2 aromatic carbocycles. The number of amides is 1.